The van der Waals surface area contributed by atoms with Gasteiger partial charge in [-0.15, -0.1) is 11.3 Å². The zero-order chi connectivity index (χ0) is 8.27. The predicted molar refractivity (Wildman–Crippen MR) is 44.4 cm³/mol. The van der Waals surface area contributed by atoms with E-state index in [9.17, 15) is 4.79 Å². The van der Waals surface area contributed by atoms with E-state index in [-0.39, 0.29) is 5.91 Å². The molecule has 0 aliphatic heterocycles. The minimum atomic E-state index is -0.266. The molecule has 0 atom stereocenters. The maximum absolute atomic E-state index is 10.4. The lowest BCUT2D eigenvalue weighted by Gasteiger charge is -1.93. The maximum atomic E-state index is 10.4. The first-order valence-corrected chi connectivity index (χ1v) is 4.25. The number of nitrogens with two attached hydrogens (primary N) is 1. The summed E-state index contributed by atoms with van der Waals surface area (Å²) in [4.78, 5) is 15.7. The van der Waals surface area contributed by atoms with Gasteiger partial charge < -0.3 is 5.73 Å². The highest BCUT2D eigenvalue weighted by atomic mass is 32.1. The summed E-state index contributed by atoms with van der Waals surface area (Å²) < 4.78 is 0. The van der Waals surface area contributed by atoms with Crippen LogP contribution in [0.4, 0.5) is 0 Å². The zero-order valence-corrected chi connectivity index (χ0v) is 7.15. The number of primary amides is 1. The maximum Gasteiger partial charge on any atom is 0.217 e. The second-order valence-electron chi connectivity index (χ2n) is 2.32. The third-order valence-electron chi connectivity index (χ3n) is 1.45. The number of carbonyl (C=O) groups is 1. The van der Waals surface area contributed by atoms with Crippen molar-refractivity contribution in [3.63, 3.8) is 0 Å². The Labute approximate surface area is 69.3 Å². The third-order valence-corrected chi connectivity index (χ3v) is 2.25. The van der Waals surface area contributed by atoms with E-state index >= 15 is 0 Å². The van der Waals surface area contributed by atoms with Crippen LogP contribution in [0.2, 0.25) is 0 Å². The zero-order valence-electron chi connectivity index (χ0n) is 6.33. The van der Waals surface area contributed by atoms with Gasteiger partial charge in [0.15, 0.2) is 0 Å². The average molecular weight is 170 g/mol. The van der Waals surface area contributed by atoms with Crippen molar-refractivity contribution >= 4 is 17.2 Å². The van der Waals surface area contributed by atoms with Crippen molar-refractivity contribution in [2.75, 3.05) is 0 Å². The number of aromatic nitrogens is 1. The van der Waals surface area contributed by atoms with Crippen LogP contribution < -0.4 is 5.73 Å². The van der Waals surface area contributed by atoms with Crippen molar-refractivity contribution in [1.82, 2.24) is 4.98 Å². The SMILES string of the molecule is Cc1scnc1CCC(N)=O. The van der Waals surface area contributed by atoms with Crippen molar-refractivity contribution < 1.29 is 4.79 Å². The van der Waals surface area contributed by atoms with Gasteiger partial charge in [-0.05, 0) is 13.3 Å². The summed E-state index contributed by atoms with van der Waals surface area (Å²) in [7, 11) is 0. The topological polar surface area (TPSA) is 56.0 Å². The van der Waals surface area contributed by atoms with E-state index in [4.69, 9.17) is 5.73 Å². The Morgan fingerprint density at radius 2 is 2.55 bits per heavy atom. The number of hydrogen-bond donors (Lipinski definition) is 1. The van der Waals surface area contributed by atoms with Crippen LogP contribution >= 0.6 is 11.3 Å². The number of thiazole rings is 1. The smallest absolute Gasteiger partial charge is 0.217 e. The average Bonchev–Trinajstić information content (AvgIpc) is 2.31. The van der Waals surface area contributed by atoms with Gasteiger partial charge in [-0.1, -0.05) is 0 Å². The number of amides is 1. The first-order valence-electron chi connectivity index (χ1n) is 3.37. The number of carbonyl (C=O) groups excluding carboxylic acids is 1. The molecule has 60 valence electrons. The second-order valence-corrected chi connectivity index (χ2v) is 3.38. The Bertz CT molecular complexity index is 257. The van der Waals surface area contributed by atoms with Crippen LogP contribution in [0.15, 0.2) is 5.51 Å². The molecule has 0 unspecified atom stereocenters. The van der Waals surface area contributed by atoms with Crippen LogP contribution in [0.1, 0.15) is 17.0 Å². The fourth-order valence-electron chi connectivity index (χ4n) is 0.810. The lowest BCUT2D eigenvalue weighted by molar-refractivity contribution is -0.118. The van der Waals surface area contributed by atoms with Crippen molar-refractivity contribution in [2.24, 2.45) is 5.73 Å². The number of rotatable bonds is 3. The summed E-state index contributed by atoms with van der Waals surface area (Å²) in [6, 6.07) is 0. The summed E-state index contributed by atoms with van der Waals surface area (Å²) >= 11 is 1.59. The van der Waals surface area contributed by atoms with Crippen LogP contribution in [-0.4, -0.2) is 10.9 Å². The molecule has 3 nitrogen and oxygen atoms in total. The molecule has 1 aromatic heterocycles. The molecule has 0 radical (unpaired) electrons. The molecule has 0 aliphatic carbocycles. The normalized spacial score (nSPS) is 9.91. The van der Waals surface area contributed by atoms with Gasteiger partial charge in [-0.25, -0.2) is 4.98 Å². The van der Waals surface area contributed by atoms with E-state index in [0.29, 0.717) is 12.8 Å². The molecule has 1 amide bonds. The predicted octanol–water partition coefficient (Wildman–Crippen LogP) is 0.869. The Balaban J connectivity index is 2.51. The van der Waals surface area contributed by atoms with E-state index in [1.54, 1.807) is 16.8 Å². The molecule has 2 N–H and O–H groups in total. The number of aryl methyl sites for hydroxylation is 2. The van der Waals surface area contributed by atoms with Gasteiger partial charge in [0.2, 0.25) is 5.91 Å². The van der Waals surface area contributed by atoms with Crippen molar-refractivity contribution in [3.8, 4) is 0 Å². The minimum Gasteiger partial charge on any atom is -0.370 e. The Morgan fingerprint density at radius 3 is 3.00 bits per heavy atom. The molecule has 4 heteroatoms. The minimum absolute atomic E-state index is 0.266. The largest absolute Gasteiger partial charge is 0.370 e. The molecule has 0 saturated heterocycles. The molecular formula is C7H10N2OS. The molecule has 1 aromatic rings. The van der Waals surface area contributed by atoms with E-state index < -0.39 is 0 Å². The summed E-state index contributed by atoms with van der Waals surface area (Å²) in [5.74, 6) is -0.266. The molecule has 0 bridgehead atoms. The summed E-state index contributed by atoms with van der Waals surface area (Å²) in [5.41, 5.74) is 7.77. The second kappa shape index (κ2) is 3.48. The van der Waals surface area contributed by atoms with Crippen LogP contribution in [0.5, 0.6) is 0 Å². The standard InChI is InChI=1S/C7H10N2OS/c1-5-6(9-4-11-5)2-3-7(8)10/h4H,2-3H2,1H3,(H2,8,10). The van der Waals surface area contributed by atoms with Gasteiger partial charge in [0, 0.05) is 11.3 Å². The third kappa shape index (κ3) is 2.31. The summed E-state index contributed by atoms with van der Waals surface area (Å²) in [5, 5.41) is 0. The van der Waals surface area contributed by atoms with E-state index in [1.807, 2.05) is 6.92 Å². The van der Waals surface area contributed by atoms with Gasteiger partial charge in [0.05, 0.1) is 11.2 Å². The molecular weight excluding hydrogens is 160 g/mol. The first kappa shape index (κ1) is 8.20. The van der Waals surface area contributed by atoms with Crippen molar-refractivity contribution in [3.05, 3.63) is 16.1 Å². The highest BCUT2D eigenvalue weighted by Gasteiger charge is 2.02. The van der Waals surface area contributed by atoms with Crippen molar-refractivity contribution in [2.45, 2.75) is 19.8 Å². The fraction of sp³-hybridized carbons (Fsp3) is 0.429. The van der Waals surface area contributed by atoms with Crippen LogP contribution in [-0.2, 0) is 11.2 Å². The lowest BCUT2D eigenvalue weighted by atomic mass is 10.2. The monoisotopic (exact) mass is 170 g/mol. The Kier molecular flexibility index (Phi) is 2.59. The Morgan fingerprint density at radius 1 is 1.82 bits per heavy atom. The highest BCUT2D eigenvalue weighted by molar-refractivity contribution is 7.09. The van der Waals surface area contributed by atoms with Gasteiger partial charge in [-0.3, -0.25) is 4.79 Å². The Hall–Kier alpha value is -0.900. The van der Waals surface area contributed by atoms with E-state index in [0.717, 1.165) is 5.69 Å². The molecule has 0 aliphatic rings. The summed E-state index contributed by atoms with van der Waals surface area (Å²) in [6.45, 7) is 1.99. The van der Waals surface area contributed by atoms with Crippen LogP contribution in [0.25, 0.3) is 0 Å². The highest BCUT2D eigenvalue weighted by Crippen LogP contribution is 2.12. The molecule has 1 heterocycles. The molecule has 0 fully saturated rings. The van der Waals surface area contributed by atoms with Gasteiger partial charge >= 0.3 is 0 Å². The number of hydrogen-bond acceptors (Lipinski definition) is 3. The number of nitrogens with zero attached hydrogens (tertiary/aromatic N) is 1. The molecule has 1 rings (SSSR count). The van der Waals surface area contributed by atoms with Gasteiger partial charge in [0.1, 0.15) is 0 Å². The van der Waals surface area contributed by atoms with Gasteiger partial charge in [0.25, 0.3) is 0 Å². The molecule has 11 heavy (non-hydrogen) atoms. The summed E-state index contributed by atoms with van der Waals surface area (Å²) in [6.07, 6.45) is 1.06. The van der Waals surface area contributed by atoms with E-state index in [1.165, 1.54) is 4.88 Å². The molecule has 0 spiro atoms. The lowest BCUT2D eigenvalue weighted by Crippen LogP contribution is -2.11. The van der Waals surface area contributed by atoms with Gasteiger partial charge in [-0.2, -0.15) is 0 Å². The quantitative estimate of drug-likeness (QED) is 0.731. The van der Waals surface area contributed by atoms with Crippen molar-refractivity contribution in [1.29, 1.82) is 0 Å². The van der Waals surface area contributed by atoms with Crippen LogP contribution in [0.3, 0.4) is 0 Å². The molecule has 0 saturated carbocycles. The van der Waals surface area contributed by atoms with Crippen LogP contribution in [0, 0.1) is 6.92 Å². The molecule has 0 aromatic carbocycles. The van der Waals surface area contributed by atoms with E-state index in [2.05, 4.69) is 4.98 Å². The fourth-order valence-corrected chi connectivity index (χ4v) is 1.44. The first-order chi connectivity index (χ1) is 5.20.